The molecule has 0 aromatic heterocycles. The molecule has 0 aliphatic carbocycles. The number of carbonyl (C=O) groups is 1. The van der Waals surface area contributed by atoms with Gasteiger partial charge in [0.25, 0.3) is 5.91 Å². The van der Waals surface area contributed by atoms with Gasteiger partial charge < -0.3 is 9.84 Å². The summed E-state index contributed by atoms with van der Waals surface area (Å²) in [4.78, 5) is 11.0. The van der Waals surface area contributed by atoms with Crippen molar-refractivity contribution in [3.63, 3.8) is 0 Å². The summed E-state index contributed by atoms with van der Waals surface area (Å²) in [6, 6.07) is 6.82. The van der Waals surface area contributed by atoms with Crippen LogP contribution in [0.2, 0.25) is 0 Å². The van der Waals surface area contributed by atoms with E-state index >= 15 is 0 Å². The van der Waals surface area contributed by atoms with Crippen molar-refractivity contribution in [2.45, 2.75) is 19.6 Å². The third-order valence-electron chi connectivity index (χ3n) is 1.93. The number of benzene rings is 1. The summed E-state index contributed by atoms with van der Waals surface area (Å²) in [6.07, 6.45) is -0.644. The minimum absolute atomic E-state index is 0.0148. The van der Waals surface area contributed by atoms with Crippen LogP contribution >= 0.6 is 0 Å². The van der Waals surface area contributed by atoms with Gasteiger partial charge in [0.05, 0.1) is 6.61 Å². The maximum atomic E-state index is 11.0. The molecular formula is C10H14N2O3. The molecule has 0 heterocycles. The Kier molecular flexibility index (Phi) is 4.08. The fourth-order valence-corrected chi connectivity index (χ4v) is 1.05. The maximum Gasteiger partial charge on any atom is 0.274 e. The lowest BCUT2D eigenvalue weighted by Gasteiger charge is -2.12. The topological polar surface area (TPSA) is 84.6 Å². The lowest BCUT2D eigenvalue weighted by molar-refractivity contribution is -0.127. The number of hydrazine groups is 1. The number of ether oxygens (including phenoxy) is 1. The summed E-state index contributed by atoms with van der Waals surface area (Å²) < 4.78 is 5.29. The molecule has 0 saturated heterocycles. The summed E-state index contributed by atoms with van der Waals surface area (Å²) in [7, 11) is 0. The lowest BCUT2D eigenvalue weighted by Crippen LogP contribution is -2.40. The highest BCUT2D eigenvalue weighted by molar-refractivity contribution is 5.80. The smallest absolute Gasteiger partial charge is 0.274 e. The molecular weight excluding hydrogens is 196 g/mol. The molecule has 1 aromatic rings. The molecule has 15 heavy (non-hydrogen) atoms. The van der Waals surface area contributed by atoms with Crippen LogP contribution in [0.25, 0.3) is 0 Å². The number of aliphatic hydroxyl groups is 1. The van der Waals surface area contributed by atoms with Crippen LogP contribution in [-0.4, -0.2) is 17.1 Å². The number of amides is 1. The Hall–Kier alpha value is -1.59. The monoisotopic (exact) mass is 210 g/mol. The van der Waals surface area contributed by atoms with E-state index in [-0.39, 0.29) is 12.5 Å². The first-order chi connectivity index (χ1) is 7.17. The number of nitrogens with two attached hydrogens (primary N) is 1. The molecule has 82 valence electrons. The van der Waals surface area contributed by atoms with E-state index in [2.05, 4.69) is 0 Å². The van der Waals surface area contributed by atoms with Crippen LogP contribution < -0.4 is 16.0 Å². The van der Waals surface area contributed by atoms with Crippen molar-refractivity contribution in [1.29, 1.82) is 0 Å². The third kappa shape index (κ3) is 3.23. The van der Waals surface area contributed by atoms with Crippen LogP contribution in [0.3, 0.4) is 0 Å². The molecule has 0 aliphatic rings. The first-order valence-corrected chi connectivity index (χ1v) is 4.54. The van der Waals surface area contributed by atoms with Crippen molar-refractivity contribution in [1.82, 2.24) is 5.43 Å². The van der Waals surface area contributed by atoms with Crippen LogP contribution in [0.4, 0.5) is 0 Å². The summed E-state index contributed by atoms with van der Waals surface area (Å²) >= 11 is 0. The van der Waals surface area contributed by atoms with Gasteiger partial charge in [-0.15, -0.1) is 0 Å². The predicted octanol–water partition coefficient (Wildman–Crippen LogP) is -0.0639. The van der Waals surface area contributed by atoms with Crippen LogP contribution in [0.5, 0.6) is 5.75 Å². The molecule has 1 atom stereocenters. The van der Waals surface area contributed by atoms with Gasteiger partial charge in [-0.1, -0.05) is 12.1 Å². The van der Waals surface area contributed by atoms with Gasteiger partial charge >= 0.3 is 0 Å². The van der Waals surface area contributed by atoms with E-state index < -0.39 is 6.10 Å². The molecule has 0 spiro atoms. The van der Waals surface area contributed by atoms with Gasteiger partial charge in [0.2, 0.25) is 0 Å². The normalized spacial score (nSPS) is 11.9. The van der Waals surface area contributed by atoms with Gasteiger partial charge in [0.15, 0.2) is 6.10 Å². The summed E-state index contributed by atoms with van der Waals surface area (Å²) in [6.45, 7) is 1.58. The Morgan fingerprint density at radius 3 is 2.60 bits per heavy atom. The number of carbonyl (C=O) groups excluding carboxylic acids is 1. The lowest BCUT2D eigenvalue weighted by atomic mass is 10.2. The first kappa shape index (κ1) is 11.5. The highest BCUT2D eigenvalue weighted by Crippen LogP contribution is 2.13. The average Bonchev–Trinajstić information content (AvgIpc) is 2.29. The van der Waals surface area contributed by atoms with Crippen molar-refractivity contribution in [2.75, 3.05) is 0 Å². The quantitative estimate of drug-likeness (QED) is 0.369. The molecule has 5 nitrogen and oxygen atoms in total. The number of rotatable bonds is 4. The second-order valence-electron chi connectivity index (χ2n) is 3.07. The van der Waals surface area contributed by atoms with Crippen molar-refractivity contribution in [3.8, 4) is 5.75 Å². The maximum absolute atomic E-state index is 11.0. The second-order valence-corrected chi connectivity index (χ2v) is 3.07. The van der Waals surface area contributed by atoms with Crippen LogP contribution in [0, 0.1) is 0 Å². The van der Waals surface area contributed by atoms with E-state index in [0.717, 1.165) is 5.56 Å². The van der Waals surface area contributed by atoms with Gasteiger partial charge in [-0.25, -0.2) is 5.84 Å². The molecule has 1 unspecified atom stereocenters. The van der Waals surface area contributed by atoms with Crippen LogP contribution in [0.15, 0.2) is 24.3 Å². The zero-order chi connectivity index (χ0) is 11.3. The van der Waals surface area contributed by atoms with Crippen molar-refractivity contribution in [3.05, 3.63) is 29.8 Å². The Balaban J connectivity index is 2.60. The minimum Gasteiger partial charge on any atom is -0.481 e. The molecule has 0 radical (unpaired) electrons. The first-order valence-electron chi connectivity index (χ1n) is 4.54. The van der Waals surface area contributed by atoms with Gasteiger partial charge in [-0.3, -0.25) is 10.2 Å². The number of hydrogen-bond acceptors (Lipinski definition) is 4. The molecule has 0 bridgehead atoms. The predicted molar refractivity (Wildman–Crippen MR) is 54.8 cm³/mol. The standard InChI is InChI=1S/C10H14N2O3/c1-7(10(14)12-11)15-9-4-2-8(6-13)3-5-9/h2-5,7,13H,6,11H2,1H3,(H,12,14). The second kappa shape index (κ2) is 5.33. The molecule has 1 amide bonds. The van der Waals surface area contributed by atoms with Crippen LogP contribution in [-0.2, 0) is 11.4 Å². The molecule has 0 saturated carbocycles. The number of nitrogens with one attached hydrogen (secondary N) is 1. The molecule has 1 aromatic carbocycles. The SMILES string of the molecule is CC(Oc1ccc(CO)cc1)C(=O)NN. The Morgan fingerprint density at radius 1 is 1.53 bits per heavy atom. The average molecular weight is 210 g/mol. The van der Waals surface area contributed by atoms with Crippen molar-refractivity contribution < 1.29 is 14.6 Å². The molecule has 0 fully saturated rings. The fourth-order valence-electron chi connectivity index (χ4n) is 1.05. The summed E-state index contributed by atoms with van der Waals surface area (Å²) in [5.41, 5.74) is 2.79. The van der Waals surface area contributed by atoms with Gasteiger partial charge in [-0.05, 0) is 24.6 Å². The minimum atomic E-state index is -0.644. The highest BCUT2D eigenvalue weighted by atomic mass is 16.5. The van der Waals surface area contributed by atoms with Gasteiger partial charge in [-0.2, -0.15) is 0 Å². The Labute approximate surface area is 87.8 Å². The van der Waals surface area contributed by atoms with E-state index in [9.17, 15) is 4.79 Å². The van der Waals surface area contributed by atoms with E-state index in [1.807, 2.05) is 5.43 Å². The summed E-state index contributed by atoms with van der Waals surface area (Å²) in [5.74, 6) is 5.13. The summed E-state index contributed by atoms with van der Waals surface area (Å²) in [5, 5.41) is 8.82. The van der Waals surface area contributed by atoms with E-state index in [4.69, 9.17) is 15.7 Å². The van der Waals surface area contributed by atoms with Crippen molar-refractivity contribution >= 4 is 5.91 Å². The van der Waals surface area contributed by atoms with E-state index in [1.165, 1.54) is 0 Å². The molecule has 5 heteroatoms. The zero-order valence-electron chi connectivity index (χ0n) is 8.43. The zero-order valence-corrected chi connectivity index (χ0v) is 8.43. The highest BCUT2D eigenvalue weighted by Gasteiger charge is 2.12. The number of hydrogen-bond donors (Lipinski definition) is 3. The Bertz CT molecular complexity index is 324. The number of aliphatic hydroxyl groups excluding tert-OH is 1. The van der Waals surface area contributed by atoms with Gasteiger partial charge in [0, 0.05) is 0 Å². The largest absolute Gasteiger partial charge is 0.481 e. The van der Waals surface area contributed by atoms with E-state index in [1.54, 1.807) is 31.2 Å². The Morgan fingerprint density at radius 2 is 2.13 bits per heavy atom. The molecule has 4 N–H and O–H groups in total. The van der Waals surface area contributed by atoms with Crippen LogP contribution in [0.1, 0.15) is 12.5 Å². The van der Waals surface area contributed by atoms with Gasteiger partial charge in [0.1, 0.15) is 5.75 Å². The molecule has 0 aliphatic heterocycles. The van der Waals surface area contributed by atoms with Crippen molar-refractivity contribution in [2.24, 2.45) is 5.84 Å². The fraction of sp³-hybridized carbons (Fsp3) is 0.300. The van der Waals surface area contributed by atoms with E-state index in [0.29, 0.717) is 5.75 Å². The third-order valence-corrected chi connectivity index (χ3v) is 1.93. The molecule has 1 rings (SSSR count).